The number of hydrogen-bond acceptors (Lipinski definition) is 4. The molecule has 1 aliphatic carbocycles. The van der Waals surface area contributed by atoms with Gasteiger partial charge >= 0.3 is 0 Å². The standard InChI is InChI=1S/C16H20BrN3O2.ClH/c1-3-6-22-9-16-7-11(18-12(16)8-16)15(21)20-14-10(2)4-5-13(17)19-14;/h3-5,11-12,18H,1,6-9H2,2H3,(H,19,20,21);1H/t11-,12+,16-;/m0./s1. The molecule has 3 atom stereocenters. The fraction of sp³-hybridized carbons (Fsp3) is 0.500. The quantitative estimate of drug-likeness (QED) is 0.436. The molecule has 2 N–H and O–H groups in total. The van der Waals surface area contributed by atoms with Crippen molar-refractivity contribution in [2.24, 2.45) is 5.41 Å². The van der Waals surface area contributed by atoms with Crippen molar-refractivity contribution in [3.05, 3.63) is 35.0 Å². The van der Waals surface area contributed by atoms with Crippen molar-refractivity contribution in [1.82, 2.24) is 10.3 Å². The Morgan fingerprint density at radius 3 is 3.13 bits per heavy atom. The molecule has 23 heavy (non-hydrogen) atoms. The van der Waals surface area contributed by atoms with Crippen molar-refractivity contribution in [3.63, 3.8) is 0 Å². The van der Waals surface area contributed by atoms with E-state index in [1.807, 2.05) is 19.1 Å². The summed E-state index contributed by atoms with van der Waals surface area (Å²) in [5.74, 6) is 0.586. The third-order valence-corrected chi connectivity index (χ3v) is 4.89. The Hall–Kier alpha value is -0.950. The maximum Gasteiger partial charge on any atom is 0.242 e. The molecule has 0 spiro atoms. The normalized spacial score (nSPS) is 27.7. The Labute approximate surface area is 150 Å². The van der Waals surface area contributed by atoms with Crippen LogP contribution in [0.5, 0.6) is 0 Å². The first-order valence-corrected chi connectivity index (χ1v) is 8.22. The number of halogens is 2. The molecule has 126 valence electrons. The van der Waals surface area contributed by atoms with E-state index >= 15 is 0 Å². The third-order valence-electron chi connectivity index (χ3n) is 4.45. The molecule has 1 saturated heterocycles. The van der Waals surface area contributed by atoms with Crippen molar-refractivity contribution < 1.29 is 9.53 Å². The van der Waals surface area contributed by atoms with Gasteiger partial charge in [0, 0.05) is 11.5 Å². The van der Waals surface area contributed by atoms with Gasteiger partial charge in [-0.15, -0.1) is 19.0 Å². The van der Waals surface area contributed by atoms with E-state index in [1.165, 1.54) is 0 Å². The van der Waals surface area contributed by atoms with Gasteiger partial charge in [-0.05, 0) is 47.3 Å². The molecule has 0 radical (unpaired) electrons. The number of pyridine rings is 1. The zero-order valence-electron chi connectivity index (χ0n) is 13.0. The molecule has 0 unspecified atom stereocenters. The minimum Gasteiger partial charge on any atom is -0.377 e. The number of aryl methyl sites for hydroxylation is 1. The monoisotopic (exact) mass is 401 g/mol. The van der Waals surface area contributed by atoms with Crippen LogP contribution in [0.3, 0.4) is 0 Å². The van der Waals surface area contributed by atoms with Gasteiger partial charge in [-0.3, -0.25) is 4.79 Å². The Kier molecular flexibility index (Phi) is 5.84. The van der Waals surface area contributed by atoms with Gasteiger partial charge < -0.3 is 15.4 Å². The topological polar surface area (TPSA) is 63.2 Å². The first-order valence-electron chi connectivity index (χ1n) is 7.43. The molecule has 1 saturated carbocycles. The van der Waals surface area contributed by atoms with Gasteiger partial charge in [0.05, 0.1) is 19.3 Å². The number of carbonyl (C=O) groups is 1. The van der Waals surface area contributed by atoms with Crippen LogP contribution in [0, 0.1) is 12.3 Å². The first kappa shape index (κ1) is 18.4. The summed E-state index contributed by atoms with van der Waals surface area (Å²) >= 11 is 3.33. The van der Waals surface area contributed by atoms with Crippen molar-refractivity contribution in [2.45, 2.75) is 31.8 Å². The Balaban J connectivity index is 0.00000192. The highest BCUT2D eigenvalue weighted by molar-refractivity contribution is 9.10. The summed E-state index contributed by atoms with van der Waals surface area (Å²) in [6, 6.07) is 4.01. The van der Waals surface area contributed by atoms with Gasteiger partial charge in [0.1, 0.15) is 10.4 Å². The number of piperidine rings is 1. The second kappa shape index (κ2) is 7.30. The zero-order valence-corrected chi connectivity index (χ0v) is 15.4. The van der Waals surface area contributed by atoms with Crippen LogP contribution in [0.2, 0.25) is 0 Å². The Morgan fingerprint density at radius 1 is 1.61 bits per heavy atom. The second-order valence-corrected chi connectivity index (χ2v) is 6.95. The number of ether oxygens (including phenoxy) is 1. The molecular formula is C16H21BrClN3O2. The molecule has 2 aliphatic rings. The van der Waals surface area contributed by atoms with Gasteiger partial charge in [0.2, 0.25) is 5.91 Å². The number of carbonyl (C=O) groups excluding carboxylic acids is 1. The number of aromatic nitrogens is 1. The molecule has 2 fully saturated rings. The molecule has 3 rings (SSSR count). The molecule has 5 nitrogen and oxygen atoms in total. The molecular weight excluding hydrogens is 382 g/mol. The largest absolute Gasteiger partial charge is 0.377 e. The number of rotatable bonds is 6. The average molecular weight is 403 g/mol. The van der Waals surface area contributed by atoms with E-state index in [1.54, 1.807) is 6.08 Å². The molecule has 2 heterocycles. The summed E-state index contributed by atoms with van der Waals surface area (Å²) in [7, 11) is 0. The lowest BCUT2D eigenvalue weighted by Crippen LogP contribution is -2.38. The van der Waals surface area contributed by atoms with Crippen LogP contribution in [0.25, 0.3) is 0 Å². The lowest BCUT2D eigenvalue weighted by Gasteiger charge is -2.16. The molecule has 1 aromatic heterocycles. The minimum absolute atomic E-state index is 0. The van der Waals surface area contributed by atoms with Crippen molar-refractivity contribution in [3.8, 4) is 0 Å². The van der Waals surface area contributed by atoms with E-state index in [9.17, 15) is 4.79 Å². The first-order chi connectivity index (χ1) is 10.5. The van der Waals surface area contributed by atoms with Gasteiger partial charge in [-0.2, -0.15) is 0 Å². The fourth-order valence-corrected chi connectivity index (χ4v) is 3.39. The molecule has 7 heteroatoms. The molecule has 1 aromatic rings. The van der Waals surface area contributed by atoms with Crippen molar-refractivity contribution >= 4 is 40.1 Å². The minimum atomic E-state index is -0.175. The van der Waals surface area contributed by atoms with Crippen LogP contribution in [-0.2, 0) is 9.53 Å². The highest BCUT2D eigenvalue weighted by atomic mass is 79.9. The lowest BCUT2D eigenvalue weighted by molar-refractivity contribution is -0.118. The smallest absolute Gasteiger partial charge is 0.242 e. The average Bonchev–Trinajstić information content (AvgIpc) is 3.04. The zero-order chi connectivity index (χ0) is 15.7. The maximum atomic E-state index is 12.4. The molecule has 1 aliphatic heterocycles. The van der Waals surface area contributed by atoms with E-state index in [0.717, 1.165) is 18.4 Å². The summed E-state index contributed by atoms with van der Waals surface area (Å²) in [5.41, 5.74) is 1.08. The van der Waals surface area contributed by atoms with Gasteiger partial charge in [0.15, 0.2) is 0 Å². The van der Waals surface area contributed by atoms with Crippen molar-refractivity contribution in [2.75, 3.05) is 18.5 Å². The molecule has 0 aromatic carbocycles. The predicted molar refractivity (Wildman–Crippen MR) is 95.9 cm³/mol. The number of nitrogens with one attached hydrogen (secondary N) is 2. The summed E-state index contributed by atoms with van der Waals surface area (Å²) in [6.45, 7) is 6.83. The molecule has 0 bridgehead atoms. The van der Waals surface area contributed by atoms with Gasteiger partial charge in [0.25, 0.3) is 0 Å². The maximum absolute atomic E-state index is 12.4. The number of anilines is 1. The van der Waals surface area contributed by atoms with Gasteiger partial charge in [-0.25, -0.2) is 4.98 Å². The summed E-state index contributed by atoms with van der Waals surface area (Å²) in [4.78, 5) is 16.7. The number of fused-ring (bicyclic) bond motifs is 1. The van der Waals surface area contributed by atoms with Crippen LogP contribution in [0.15, 0.2) is 29.4 Å². The van der Waals surface area contributed by atoms with Crippen LogP contribution in [-0.4, -0.2) is 36.2 Å². The lowest BCUT2D eigenvalue weighted by atomic mass is 10.0. The van der Waals surface area contributed by atoms with E-state index in [4.69, 9.17) is 4.74 Å². The Morgan fingerprint density at radius 2 is 2.39 bits per heavy atom. The van der Waals surface area contributed by atoms with Gasteiger partial charge in [-0.1, -0.05) is 12.1 Å². The van der Waals surface area contributed by atoms with Crippen LogP contribution in [0.1, 0.15) is 18.4 Å². The van der Waals surface area contributed by atoms with Crippen LogP contribution in [0.4, 0.5) is 5.82 Å². The predicted octanol–water partition coefficient (Wildman–Crippen LogP) is 2.84. The SMILES string of the molecule is C=CCOC[C@@]12C[C@@H](C(=O)Nc3nc(Br)ccc3C)N[C@@H]1C2.Cl. The number of amides is 1. The highest BCUT2D eigenvalue weighted by Gasteiger charge is 2.61. The second-order valence-electron chi connectivity index (χ2n) is 6.13. The van der Waals surface area contributed by atoms with Crippen LogP contribution < -0.4 is 10.6 Å². The van der Waals surface area contributed by atoms with Crippen LogP contribution >= 0.6 is 28.3 Å². The third kappa shape index (κ3) is 3.94. The Bertz CT molecular complexity index is 613. The number of nitrogens with zero attached hydrogens (tertiary/aromatic N) is 1. The summed E-state index contributed by atoms with van der Waals surface area (Å²) in [5, 5.41) is 6.31. The fourth-order valence-electron chi connectivity index (χ4n) is 3.08. The summed E-state index contributed by atoms with van der Waals surface area (Å²) in [6.07, 6.45) is 3.65. The number of hydrogen-bond donors (Lipinski definition) is 2. The van der Waals surface area contributed by atoms with E-state index in [0.29, 0.717) is 29.7 Å². The summed E-state index contributed by atoms with van der Waals surface area (Å²) < 4.78 is 6.30. The molecule has 1 amide bonds. The van der Waals surface area contributed by atoms with E-state index < -0.39 is 0 Å². The van der Waals surface area contributed by atoms with E-state index in [-0.39, 0.29) is 29.8 Å². The van der Waals surface area contributed by atoms with Crippen molar-refractivity contribution in [1.29, 1.82) is 0 Å². The highest BCUT2D eigenvalue weighted by Crippen LogP contribution is 2.54. The van der Waals surface area contributed by atoms with E-state index in [2.05, 4.69) is 38.1 Å².